The first-order valence-electron chi connectivity index (χ1n) is 3.42. The Morgan fingerprint density at radius 3 is 0.833 bits per heavy atom. The Morgan fingerprint density at radius 2 is 0.722 bits per heavy atom. The summed E-state index contributed by atoms with van der Waals surface area (Å²) in [6.45, 7) is 0. The highest BCUT2D eigenvalue weighted by Gasteiger charge is 2.27. The van der Waals surface area contributed by atoms with Crippen LogP contribution in [0.15, 0.2) is 15.5 Å². The molecule has 0 N–H and O–H groups in total. The molecular formula is C3Cl3N3O6S3. The van der Waals surface area contributed by atoms with Crippen molar-refractivity contribution in [2.45, 2.75) is 15.5 Å². The third-order valence-electron chi connectivity index (χ3n) is 1.23. The lowest BCUT2D eigenvalue weighted by Crippen LogP contribution is -2.12. The monoisotopic (exact) mass is 375 g/mol. The van der Waals surface area contributed by atoms with Gasteiger partial charge in [-0.2, -0.15) is 15.0 Å². The maximum absolute atomic E-state index is 10.9. The van der Waals surface area contributed by atoms with E-state index in [4.69, 9.17) is 32.0 Å². The largest absolute Gasteiger partial charge is 0.296 e. The lowest BCUT2D eigenvalue weighted by Gasteiger charge is -2.00. The van der Waals surface area contributed by atoms with Gasteiger partial charge in [0.15, 0.2) is 0 Å². The van der Waals surface area contributed by atoms with E-state index in [1.54, 1.807) is 0 Å². The molecule has 102 valence electrons. The van der Waals surface area contributed by atoms with E-state index >= 15 is 0 Å². The van der Waals surface area contributed by atoms with E-state index in [1.165, 1.54) is 0 Å². The number of halogens is 3. The van der Waals surface area contributed by atoms with Crippen molar-refractivity contribution in [3.8, 4) is 0 Å². The highest BCUT2D eigenvalue weighted by Crippen LogP contribution is 2.18. The number of hydrogen-bond donors (Lipinski definition) is 0. The predicted octanol–water partition coefficient (Wildman–Crippen LogP) is -0.346. The average molecular weight is 377 g/mol. The summed E-state index contributed by atoms with van der Waals surface area (Å²) < 4.78 is 65.6. The minimum atomic E-state index is -4.60. The lowest BCUT2D eigenvalue weighted by molar-refractivity contribution is 0.562. The molecule has 0 saturated heterocycles. The van der Waals surface area contributed by atoms with Crippen molar-refractivity contribution in [2.75, 3.05) is 0 Å². The topological polar surface area (TPSA) is 141 Å². The molecule has 0 fully saturated rings. The van der Waals surface area contributed by atoms with Crippen LogP contribution in [0.25, 0.3) is 0 Å². The van der Waals surface area contributed by atoms with Crippen LogP contribution < -0.4 is 0 Å². The standard InChI is InChI=1S/C3Cl3N3O6S3/c4-16(10,11)1-7-2(17(5,12)13)9-3(8-1)18(6,14)15. The van der Waals surface area contributed by atoms with Gasteiger partial charge in [0.1, 0.15) is 0 Å². The molecule has 0 aliphatic carbocycles. The molecule has 1 aromatic heterocycles. The molecule has 9 nitrogen and oxygen atoms in total. The van der Waals surface area contributed by atoms with Crippen LogP contribution in [0.5, 0.6) is 0 Å². The van der Waals surface area contributed by atoms with Crippen LogP contribution in [-0.2, 0) is 27.2 Å². The Morgan fingerprint density at radius 1 is 0.556 bits per heavy atom. The van der Waals surface area contributed by atoms with E-state index in [1.807, 2.05) is 0 Å². The van der Waals surface area contributed by atoms with Gasteiger partial charge < -0.3 is 0 Å². The molecule has 1 rings (SSSR count). The van der Waals surface area contributed by atoms with Crippen molar-refractivity contribution < 1.29 is 25.3 Å². The maximum atomic E-state index is 10.9. The Labute approximate surface area is 114 Å². The summed E-state index contributed by atoms with van der Waals surface area (Å²) >= 11 is 0. The van der Waals surface area contributed by atoms with Crippen molar-refractivity contribution in [1.82, 2.24) is 15.0 Å². The van der Waals surface area contributed by atoms with Crippen molar-refractivity contribution in [3.63, 3.8) is 0 Å². The number of nitrogens with zero attached hydrogens (tertiary/aromatic N) is 3. The van der Waals surface area contributed by atoms with Crippen LogP contribution in [0, 0.1) is 0 Å². The van der Waals surface area contributed by atoms with Crippen molar-refractivity contribution >= 4 is 59.2 Å². The van der Waals surface area contributed by atoms with Crippen LogP contribution in [0.2, 0.25) is 0 Å². The number of hydrogen-bond acceptors (Lipinski definition) is 9. The highest BCUT2D eigenvalue weighted by atomic mass is 35.7. The zero-order chi connectivity index (χ0) is 14.4. The first-order valence-corrected chi connectivity index (χ1v) is 10.3. The maximum Gasteiger partial charge on any atom is 0.296 e. The van der Waals surface area contributed by atoms with Gasteiger partial charge in [-0.3, -0.25) is 0 Å². The molecule has 0 bridgehead atoms. The first kappa shape index (κ1) is 15.8. The Kier molecular flexibility index (Phi) is 4.11. The van der Waals surface area contributed by atoms with Crippen LogP contribution in [-0.4, -0.2) is 40.2 Å². The number of rotatable bonds is 3. The molecule has 0 aliphatic rings. The normalized spacial score (nSPS) is 13.5. The molecule has 1 aromatic rings. The van der Waals surface area contributed by atoms with E-state index in [0.29, 0.717) is 0 Å². The second-order valence-electron chi connectivity index (χ2n) is 2.50. The van der Waals surface area contributed by atoms with E-state index in [0.717, 1.165) is 0 Å². The fourth-order valence-corrected chi connectivity index (χ4v) is 2.62. The van der Waals surface area contributed by atoms with Gasteiger partial charge >= 0.3 is 0 Å². The number of aromatic nitrogens is 3. The SMILES string of the molecule is O=S(=O)(Cl)c1nc(S(=O)(=O)Cl)nc(S(=O)(=O)Cl)n1. The first-order chi connectivity index (χ1) is 7.82. The lowest BCUT2D eigenvalue weighted by atomic mass is 11.1. The van der Waals surface area contributed by atoms with Gasteiger partial charge in [-0.1, -0.05) is 0 Å². The van der Waals surface area contributed by atoms with Crippen molar-refractivity contribution in [3.05, 3.63) is 0 Å². The van der Waals surface area contributed by atoms with E-state index in [9.17, 15) is 25.3 Å². The van der Waals surface area contributed by atoms with Crippen LogP contribution >= 0.6 is 32.0 Å². The van der Waals surface area contributed by atoms with Gasteiger partial charge in [-0.25, -0.2) is 25.3 Å². The molecule has 0 radical (unpaired) electrons. The second kappa shape index (κ2) is 4.68. The Bertz CT molecular complexity index is 677. The summed E-state index contributed by atoms with van der Waals surface area (Å²) in [7, 11) is 0.725. The van der Waals surface area contributed by atoms with E-state index in [-0.39, 0.29) is 0 Å². The van der Waals surface area contributed by atoms with Gasteiger partial charge in [0.2, 0.25) is 0 Å². The third kappa shape index (κ3) is 3.86. The van der Waals surface area contributed by atoms with Crippen LogP contribution in [0.3, 0.4) is 0 Å². The van der Waals surface area contributed by atoms with Crippen LogP contribution in [0.1, 0.15) is 0 Å². The second-order valence-corrected chi connectivity index (χ2v) is 9.88. The average Bonchev–Trinajstić information content (AvgIpc) is 2.13. The summed E-state index contributed by atoms with van der Waals surface area (Å²) in [4.78, 5) is 8.71. The molecule has 18 heavy (non-hydrogen) atoms. The summed E-state index contributed by atoms with van der Waals surface area (Å²) in [5.41, 5.74) is 0. The molecule has 0 spiro atoms. The molecule has 1 heterocycles. The Balaban J connectivity index is 3.82. The molecular weight excluding hydrogens is 377 g/mol. The zero-order valence-corrected chi connectivity index (χ0v) is 12.4. The fourth-order valence-electron chi connectivity index (χ4n) is 0.648. The molecule has 0 aromatic carbocycles. The van der Waals surface area contributed by atoms with Crippen LogP contribution in [0.4, 0.5) is 0 Å². The minimum absolute atomic E-state index is 1.31. The zero-order valence-electron chi connectivity index (χ0n) is 7.65. The quantitative estimate of drug-likeness (QED) is 0.647. The van der Waals surface area contributed by atoms with Crippen molar-refractivity contribution in [1.29, 1.82) is 0 Å². The van der Waals surface area contributed by atoms with Crippen molar-refractivity contribution in [2.24, 2.45) is 0 Å². The van der Waals surface area contributed by atoms with Gasteiger partial charge in [0.25, 0.3) is 42.6 Å². The van der Waals surface area contributed by atoms with Gasteiger partial charge in [-0.05, 0) is 0 Å². The third-order valence-corrected chi connectivity index (χ3v) is 4.33. The minimum Gasteiger partial charge on any atom is -0.204 e. The summed E-state index contributed by atoms with van der Waals surface area (Å²) in [6.07, 6.45) is 0. The molecule has 15 heteroatoms. The summed E-state index contributed by atoms with van der Waals surface area (Å²) in [6, 6.07) is 0. The smallest absolute Gasteiger partial charge is 0.204 e. The fraction of sp³-hybridized carbons (Fsp3) is 0. The molecule has 0 unspecified atom stereocenters. The van der Waals surface area contributed by atoms with Gasteiger partial charge in [-0.15, -0.1) is 0 Å². The van der Waals surface area contributed by atoms with E-state index in [2.05, 4.69) is 15.0 Å². The van der Waals surface area contributed by atoms with Gasteiger partial charge in [0, 0.05) is 32.0 Å². The van der Waals surface area contributed by atoms with Gasteiger partial charge in [0.05, 0.1) is 0 Å². The highest BCUT2D eigenvalue weighted by molar-refractivity contribution is 8.14. The summed E-state index contributed by atoms with van der Waals surface area (Å²) in [5.74, 6) is 0. The van der Waals surface area contributed by atoms with E-state index < -0.39 is 42.6 Å². The predicted molar refractivity (Wildman–Crippen MR) is 58.9 cm³/mol. The Hall–Kier alpha value is -0.270. The molecule has 0 atom stereocenters. The summed E-state index contributed by atoms with van der Waals surface area (Å²) in [5, 5.41) is -3.92. The molecule has 0 aliphatic heterocycles. The molecule has 0 saturated carbocycles. The molecule has 0 amide bonds.